The standard InChI is InChI=1S/C17H18O3/c1-14(18)16-7-9-17(10-8-16)20-12-11-19-13-15-5-3-2-4-6-15/h2-10H,11-13H2,1H3. The van der Waals surface area contributed by atoms with E-state index in [2.05, 4.69) is 0 Å². The summed E-state index contributed by atoms with van der Waals surface area (Å²) in [5.74, 6) is 0.807. The van der Waals surface area contributed by atoms with Crippen molar-refractivity contribution in [2.75, 3.05) is 13.2 Å². The Morgan fingerprint density at radius 3 is 2.30 bits per heavy atom. The molecular weight excluding hydrogens is 252 g/mol. The highest BCUT2D eigenvalue weighted by molar-refractivity contribution is 5.94. The minimum atomic E-state index is 0.0581. The van der Waals surface area contributed by atoms with E-state index in [0.29, 0.717) is 25.4 Å². The van der Waals surface area contributed by atoms with Crippen LogP contribution in [0.5, 0.6) is 5.75 Å². The van der Waals surface area contributed by atoms with Crippen LogP contribution in [0.2, 0.25) is 0 Å². The number of hydrogen-bond donors (Lipinski definition) is 0. The number of ether oxygens (including phenoxy) is 2. The van der Waals surface area contributed by atoms with Crippen molar-refractivity contribution in [3.05, 3.63) is 65.7 Å². The lowest BCUT2D eigenvalue weighted by molar-refractivity contribution is 0.0889. The topological polar surface area (TPSA) is 35.5 Å². The van der Waals surface area contributed by atoms with Crippen molar-refractivity contribution in [3.8, 4) is 5.75 Å². The molecule has 0 amide bonds. The number of carbonyl (C=O) groups is 1. The molecule has 3 nitrogen and oxygen atoms in total. The van der Waals surface area contributed by atoms with Crippen LogP contribution in [0, 0.1) is 0 Å². The predicted molar refractivity (Wildman–Crippen MR) is 78.0 cm³/mol. The molecule has 2 aromatic rings. The molecule has 0 atom stereocenters. The minimum Gasteiger partial charge on any atom is -0.491 e. The van der Waals surface area contributed by atoms with Crippen LogP contribution in [0.3, 0.4) is 0 Å². The Kier molecular flexibility index (Phi) is 5.33. The summed E-state index contributed by atoms with van der Waals surface area (Å²) in [5.41, 5.74) is 1.84. The van der Waals surface area contributed by atoms with E-state index in [1.807, 2.05) is 30.3 Å². The smallest absolute Gasteiger partial charge is 0.159 e. The lowest BCUT2D eigenvalue weighted by Gasteiger charge is -2.07. The maximum absolute atomic E-state index is 11.1. The lowest BCUT2D eigenvalue weighted by atomic mass is 10.1. The first-order valence-electron chi connectivity index (χ1n) is 6.61. The van der Waals surface area contributed by atoms with Gasteiger partial charge in [0.05, 0.1) is 13.2 Å². The van der Waals surface area contributed by atoms with Gasteiger partial charge in [0.25, 0.3) is 0 Å². The van der Waals surface area contributed by atoms with Gasteiger partial charge in [-0.3, -0.25) is 4.79 Å². The van der Waals surface area contributed by atoms with Crippen LogP contribution in [0.25, 0.3) is 0 Å². The lowest BCUT2D eigenvalue weighted by Crippen LogP contribution is -2.06. The molecular formula is C17H18O3. The Bertz CT molecular complexity index is 532. The molecule has 0 bridgehead atoms. The average Bonchev–Trinajstić information content (AvgIpc) is 2.48. The molecule has 0 fully saturated rings. The Balaban J connectivity index is 1.67. The Morgan fingerprint density at radius 1 is 0.950 bits per heavy atom. The molecule has 20 heavy (non-hydrogen) atoms. The molecule has 0 heterocycles. The van der Waals surface area contributed by atoms with E-state index in [1.165, 1.54) is 0 Å². The molecule has 0 aromatic heterocycles. The fourth-order valence-electron chi connectivity index (χ4n) is 1.77. The molecule has 3 heteroatoms. The van der Waals surface area contributed by atoms with Crippen molar-refractivity contribution >= 4 is 5.78 Å². The molecule has 0 radical (unpaired) electrons. The zero-order valence-electron chi connectivity index (χ0n) is 11.5. The second kappa shape index (κ2) is 7.46. The van der Waals surface area contributed by atoms with Crippen molar-refractivity contribution in [2.24, 2.45) is 0 Å². The third-order valence-corrected chi connectivity index (χ3v) is 2.87. The number of rotatable bonds is 7. The van der Waals surface area contributed by atoms with E-state index in [-0.39, 0.29) is 5.78 Å². The first kappa shape index (κ1) is 14.3. The van der Waals surface area contributed by atoms with Crippen LogP contribution < -0.4 is 4.74 Å². The summed E-state index contributed by atoms with van der Waals surface area (Å²) in [4.78, 5) is 11.1. The van der Waals surface area contributed by atoms with Gasteiger partial charge in [-0.2, -0.15) is 0 Å². The van der Waals surface area contributed by atoms with Crippen molar-refractivity contribution in [2.45, 2.75) is 13.5 Å². The van der Waals surface area contributed by atoms with E-state index in [4.69, 9.17) is 9.47 Å². The summed E-state index contributed by atoms with van der Waals surface area (Å²) in [6.45, 7) is 3.16. The maximum Gasteiger partial charge on any atom is 0.159 e. The Labute approximate surface area is 119 Å². The van der Waals surface area contributed by atoms with Crippen LogP contribution in [-0.2, 0) is 11.3 Å². The fourth-order valence-corrected chi connectivity index (χ4v) is 1.77. The molecule has 0 aliphatic heterocycles. The van der Waals surface area contributed by atoms with Gasteiger partial charge in [-0.15, -0.1) is 0 Å². The molecule has 2 rings (SSSR count). The minimum absolute atomic E-state index is 0.0581. The van der Waals surface area contributed by atoms with Gasteiger partial charge in [-0.1, -0.05) is 30.3 Å². The molecule has 104 valence electrons. The van der Waals surface area contributed by atoms with Crippen LogP contribution in [0.15, 0.2) is 54.6 Å². The zero-order chi connectivity index (χ0) is 14.2. The number of carbonyl (C=O) groups excluding carboxylic acids is 1. The maximum atomic E-state index is 11.1. The second-order valence-corrected chi connectivity index (χ2v) is 4.47. The summed E-state index contributed by atoms with van der Waals surface area (Å²) in [6.07, 6.45) is 0. The van der Waals surface area contributed by atoms with Crippen LogP contribution in [0.1, 0.15) is 22.8 Å². The number of hydrogen-bond acceptors (Lipinski definition) is 3. The number of Topliss-reactive ketones (excluding diaryl/α,β-unsaturated/α-hetero) is 1. The first-order valence-corrected chi connectivity index (χ1v) is 6.61. The van der Waals surface area contributed by atoms with E-state index in [0.717, 1.165) is 11.3 Å². The average molecular weight is 270 g/mol. The van der Waals surface area contributed by atoms with Gasteiger partial charge >= 0.3 is 0 Å². The molecule has 0 saturated carbocycles. The molecule has 0 N–H and O–H groups in total. The summed E-state index contributed by atoms with van der Waals surface area (Å²) < 4.78 is 11.1. The summed E-state index contributed by atoms with van der Waals surface area (Å²) in [7, 11) is 0. The molecule has 0 saturated heterocycles. The van der Waals surface area contributed by atoms with E-state index in [9.17, 15) is 4.79 Å². The van der Waals surface area contributed by atoms with Gasteiger partial charge in [0, 0.05) is 5.56 Å². The summed E-state index contributed by atoms with van der Waals surface area (Å²) in [5, 5.41) is 0. The van der Waals surface area contributed by atoms with Crippen molar-refractivity contribution in [1.29, 1.82) is 0 Å². The van der Waals surface area contributed by atoms with E-state index in [1.54, 1.807) is 31.2 Å². The zero-order valence-corrected chi connectivity index (χ0v) is 11.5. The quantitative estimate of drug-likeness (QED) is 0.570. The van der Waals surface area contributed by atoms with Crippen molar-refractivity contribution < 1.29 is 14.3 Å². The van der Waals surface area contributed by atoms with Gasteiger partial charge in [-0.05, 0) is 36.8 Å². The number of ketones is 1. The van der Waals surface area contributed by atoms with E-state index >= 15 is 0 Å². The second-order valence-electron chi connectivity index (χ2n) is 4.47. The molecule has 0 aliphatic rings. The van der Waals surface area contributed by atoms with Gasteiger partial charge in [0.15, 0.2) is 5.78 Å². The first-order chi connectivity index (χ1) is 9.75. The molecule has 0 aliphatic carbocycles. The van der Waals surface area contributed by atoms with Crippen LogP contribution in [-0.4, -0.2) is 19.0 Å². The largest absolute Gasteiger partial charge is 0.491 e. The third-order valence-electron chi connectivity index (χ3n) is 2.87. The Hall–Kier alpha value is -2.13. The summed E-state index contributed by atoms with van der Waals surface area (Å²) in [6, 6.07) is 17.2. The molecule has 0 unspecified atom stereocenters. The van der Waals surface area contributed by atoms with Crippen molar-refractivity contribution in [3.63, 3.8) is 0 Å². The molecule has 0 spiro atoms. The number of benzene rings is 2. The third kappa shape index (κ3) is 4.52. The van der Waals surface area contributed by atoms with Crippen molar-refractivity contribution in [1.82, 2.24) is 0 Å². The monoisotopic (exact) mass is 270 g/mol. The SMILES string of the molecule is CC(=O)c1ccc(OCCOCc2ccccc2)cc1. The highest BCUT2D eigenvalue weighted by Gasteiger charge is 1.99. The highest BCUT2D eigenvalue weighted by atomic mass is 16.5. The summed E-state index contributed by atoms with van der Waals surface area (Å²) >= 11 is 0. The van der Waals surface area contributed by atoms with Gasteiger partial charge < -0.3 is 9.47 Å². The van der Waals surface area contributed by atoms with E-state index < -0.39 is 0 Å². The Morgan fingerprint density at radius 2 is 1.65 bits per heavy atom. The van der Waals surface area contributed by atoms with Crippen LogP contribution >= 0.6 is 0 Å². The fraction of sp³-hybridized carbons (Fsp3) is 0.235. The van der Waals surface area contributed by atoms with Gasteiger partial charge in [-0.25, -0.2) is 0 Å². The highest BCUT2D eigenvalue weighted by Crippen LogP contribution is 2.12. The van der Waals surface area contributed by atoms with Gasteiger partial charge in [0.2, 0.25) is 0 Å². The molecule has 2 aromatic carbocycles. The normalized spacial score (nSPS) is 10.2. The van der Waals surface area contributed by atoms with Gasteiger partial charge in [0.1, 0.15) is 12.4 Å². The van der Waals surface area contributed by atoms with Crippen LogP contribution in [0.4, 0.5) is 0 Å². The predicted octanol–water partition coefficient (Wildman–Crippen LogP) is 3.48.